The van der Waals surface area contributed by atoms with Gasteiger partial charge in [-0.2, -0.15) is 0 Å². The third-order valence-corrected chi connectivity index (χ3v) is 2.07. The molecule has 0 unspecified atom stereocenters. The highest BCUT2D eigenvalue weighted by molar-refractivity contribution is 6.45. The normalized spacial score (nSPS) is 10.9. The molecule has 0 aromatic heterocycles. The lowest BCUT2D eigenvalue weighted by Gasteiger charge is -1.94. The van der Waals surface area contributed by atoms with E-state index in [2.05, 4.69) is 0 Å². The van der Waals surface area contributed by atoms with E-state index >= 15 is 0 Å². The molecule has 0 atom stereocenters. The second-order valence-electron chi connectivity index (χ2n) is 2.15. The zero-order valence-electron chi connectivity index (χ0n) is 5.46. The van der Waals surface area contributed by atoms with Crippen molar-refractivity contribution in [3.63, 3.8) is 0 Å². The summed E-state index contributed by atoms with van der Waals surface area (Å²) >= 11 is 0. The maximum absolute atomic E-state index is 8.80. The quantitative estimate of drug-likeness (QED) is 0.528. The van der Waals surface area contributed by atoms with Crippen molar-refractivity contribution in [3.8, 4) is 0 Å². The SMILES string of the molecule is Cc1cccc([SiH2]O)c1. The van der Waals surface area contributed by atoms with Crippen molar-refractivity contribution in [2.75, 3.05) is 0 Å². The Morgan fingerprint density at radius 3 is 2.67 bits per heavy atom. The van der Waals surface area contributed by atoms with Crippen molar-refractivity contribution < 1.29 is 4.80 Å². The summed E-state index contributed by atoms with van der Waals surface area (Å²) in [5, 5.41) is 1.12. The van der Waals surface area contributed by atoms with Crippen LogP contribution in [0.3, 0.4) is 0 Å². The Labute approximate surface area is 57.3 Å². The molecule has 0 heterocycles. The second-order valence-corrected chi connectivity index (χ2v) is 3.28. The molecule has 9 heavy (non-hydrogen) atoms. The van der Waals surface area contributed by atoms with Crippen LogP contribution < -0.4 is 5.19 Å². The van der Waals surface area contributed by atoms with Gasteiger partial charge in [0.05, 0.1) is 0 Å². The summed E-state index contributed by atoms with van der Waals surface area (Å²) in [7, 11) is -0.930. The molecule has 1 aromatic carbocycles. The number of aryl methyl sites for hydroxylation is 1. The van der Waals surface area contributed by atoms with Crippen LogP contribution in [0.2, 0.25) is 0 Å². The van der Waals surface area contributed by atoms with Crippen molar-refractivity contribution in [2.24, 2.45) is 0 Å². The molecule has 0 amide bonds. The van der Waals surface area contributed by atoms with Crippen LogP contribution in [0.5, 0.6) is 0 Å². The van der Waals surface area contributed by atoms with Gasteiger partial charge in [-0.05, 0) is 12.1 Å². The first kappa shape index (κ1) is 6.52. The van der Waals surface area contributed by atoms with Crippen LogP contribution in [0.15, 0.2) is 24.3 Å². The maximum Gasteiger partial charge on any atom is 0.187 e. The average molecular weight is 138 g/mol. The average Bonchev–Trinajstić information content (AvgIpc) is 1.88. The Morgan fingerprint density at radius 2 is 2.22 bits per heavy atom. The third kappa shape index (κ3) is 1.66. The van der Waals surface area contributed by atoms with Crippen LogP contribution in [0.1, 0.15) is 5.56 Å². The number of benzene rings is 1. The first-order valence-corrected chi connectivity index (χ1v) is 4.33. The Balaban J connectivity index is 2.94. The van der Waals surface area contributed by atoms with E-state index < -0.39 is 9.76 Å². The molecule has 48 valence electrons. The highest BCUT2D eigenvalue weighted by atomic mass is 28.2. The molecule has 0 saturated carbocycles. The predicted molar refractivity (Wildman–Crippen MR) is 41.6 cm³/mol. The van der Waals surface area contributed by atoms with Gasteiger partial charge in [0, 0.05) is 0 Å². The summed E-state index contributed by atoms with van der Waals surface area (Å²) in [6.07, 6.45) is 0. The summed E-state index contributed by atoms with van der Waals surface area (Å²) in [5.74, 6) is 0. The van der Waals surface area contributed by atoms with Crippen molar-refractivity contribution in [3.05, 3.63) is 29.8 Å². The minimum atomic E-state index is -0.930. The molecule has 0 aliphatic heterocycles. The van der Waals surface area contributed by atoms with E-state index in [1.165, 1.54) is 5.56 Å². The van der Waals surface area contributed by atoms with Gasteiger partial charge in [0.15, 0.2) is 9.76 Å². The van der Waals surface area contributed by atoms with E-state index in [4.69, 9.17) is 4.80 Å². The summed E-state index contributed by atoms with van der Waals surface area (Å²) in [6, 6.07) is 8.02. The van der Waals surface area contributed by atoms with E-state index in [9.17, 15) is 0 Å². The van der Waals surface area contributed by atoms with E-state index in [0.717, 1.165) is 5.19 Å². The molecule has 1 nitrogen and oxygen atoms in total. The Kier molecular flexibility index (Phi) is 2.03. The van der Waals surface area contributed by atoms with Crippen molar-refractivity contribution in [1.29, 1.82) is 0 Å². The minimum Gasteiger partial charge on any atom is -0.433 e. The highest BCUT2D eigenvalue weighted by Crippen LogP contribution is 1.90. The largest absolute Gasteiger partial charge is 0.433 e. The molecular formula is C7H10OSi. The highest BCUT2D eigenvalue weighted by Gasteiger charge is 1.87. The smallest absolute Gasteiger partial charge is 0.187 e. The number of rotatable bonds is 1. The zero-order valence-corrected chi connectivity index (χ0v) is 6.88. The first-order valence-electron chi connectivity index (χ1n) is 2.99. The predicted octanol–water partition coefficient (Wildman–Crippen LogP) is -0.304. The zero-order chi connectivity index (χ0) is 6.69. The van der Waals surface area contributed by atoms with Crippen LogP contribution in [0.4, 0.5) is 0 Å². The lowest BCUT2D eigenvalue weighted by Crippen LogP contribution is -2.12. The van der Waals surface area contributed by atoms with Crippen molar-refractivity contribution in [1.82, 2.24) is 0 Å². The van der Waals surface area contributed by atoms with E-state index in [-0.39, 0.29) is 0 Å². The molecule has 0 saturated heterocycles. The third-order valence-electron chi connectivity index (χ3n) is 1.27. The molecule has 0 spiro atoms. The van der Waals surface area contributed by atoms with Crippen LogP contribution in [-0.4, -0.2) is 14.6 Å². The van der Waals surface area contributed by atoms with E-state index in [1.807, 2.05) is 31.2 Å². The molecule has 1 N–H and O–H groups in total. The van der Waals surface area contributed by atoms with Crippen LogP contribution >= 0.6 is 0 Å². The molecule has 0 fully saturated rings. The van der Waals surface area contributed by atoms with Crippen LogP contribution in [0, 0.1) is 6.92 Å². The van der Waals surface area contributed by atoms with Gasteiger partial charge in [-0.3, -0.25) is 0 Å². The van der Waals surface area contributed by atoms with Gasteiger partial charge in [0.2, 0.25) is 0 Å². The van der Waals surface area contributed by atoms with E-state index in [1.54, 1.807) is 0 Å². The monoisotopic (exact) mass is 138 g/mol. The fourth-order valence-corrected chi connectivity index (χ4v) is 1.47. The molecule has 0 bridgehead atoms. The Hall–Kier alpha value is -0.603. The molecule has 0 aliphatic rings. The molecule has 2 heteroatoms. The molecule has 0 aliphatic carbocycles. The summed E-state index contributed by atoms with van der Waals surface area (Å²) in [5.41, 5.74) is 1.23. The van der Waals surface area contributed by atoms with Crippen LogP contribution in [0.25, 0.3) is 0 Å². The van der Waals surface area contributed by atoms with Crippen molar-refractivity contribution in [2.45, 2.75) is 6.92 Å². The summed E-state index contributed by atoms with van der Waals surface area (Å²) < 4.78 is 0. The van der Waals surface area contributed by atoms with Gasteiger partial charge in [0.1, 0.15) is 0 Å². The topological polar surface area (TPSA) is 20.2 Å². The van der Waals surface area contributed by atoms with Gasteiger partial charge < -0.3 is 4.80 Å². The van der Waals surface area contributed by atoms with Crippen LogP contribution in [-0.2, 0) is 0 Å². The lowest BCUT2D eigenvalue weighted by molar-refractivity contribution is 0.615. The standard InChI is InChI=1S/C7H10OSi/c1-6-3-2-4-7(5-6)9-8/h2-5,8H,9H2,1H3. The minimum absolute atomic E-state index is 0.930. The maximum atomic E-state index is 8.80. The number of hydrogen-bond acceptors (Lipinski definition) is 1. The molecule has 1 aromatic rings. The van der Waals surface area contributed by atoms with Gasteiger partial charge in [0.25, 0.3) is 0 Å². The fraction of sp³-hybridized carbons (Fsp3) is 0.143. The van der Waals surface area contributed by atoms with Gasteiger partial charge in [-0.15, -0.1) is 0 Å². The van der Waals surface area contributed by atoms with Gasteiger partial charge in [-0.1, -0.05) is 29.8 Å². The van der Waals surface area contributed by atoms with Gasteiger partial charge in [-0.25, -0.2) is 0 Å². The van der Waals surface area contributed by atoms with Crippen molar-refractivity contribution >= 4 is 14.9 Å². The first-order chi connectivity index (χ1) is 4.33. The van der Waals surface area contributed by atoms with E-state index in [0.29, 0.717) is 0 Å². The molecule has 0 radical (unpaired) electrons. The second kappa shape index (κ2) is 2.80. The van der Waals surface area contributed by atoms with Gasteiger partial charge >= 0.3 is 0 Å². The lowest BCUT2D eigenvalue weighted by atomic mass is 10.2. The Morgan fingerprint density at radius 1 is 1.44 bits per heavy atom. The Bertz CT molecular complexity index is 198. The fourth-order valence-electron chi connectivity index (χ4n) is 0.810. The number of hydrogen-bond donors (Lipinski definition) is 1. The summed E-state index contributed by atoms with van der Waals surface area (Å²) in [6.45, 7) is 2.04. The molecule has 1 rings (SSSR count). The molecular weight excluding hydrogens is 128 g/mol. The summed E-state index contributed by atoms with van der Waals surface area (Å²) in [4.78, 5) is 8.80.